The maximum absolute atomic E-state index is 9.27. The molecule has 9 nitrogen and oxygen atoms in total. The van der Waals surface area contributed by atoms with Gasteiger partial charge in [0.1, 0.15) is 32.7 Å². The van der Waals surface area contributed by atoms with Gasteiger partial charge in [-0.3, -0.25) is 9.80 Å². The Morgan fingerprint density at radius 2 is 1.36 bits per heavy atom. The molecule has 1 aliphatic carbocycles. The Balaban J connectivity index is 2.39. The molecule has 9 heteroatoms. The highest BCUT2D eigenvalue weighted by atomic mass is 16.3. The van der Waals surface area contributed by atoms with Gasteiger partial charge in [0.05, 0.1) is 0 Å². The number of nitrogens with zero attached hydrogens (tertiary/aromatic N) is 5. The molecule has 0 amide bonds. The van der Waals surface area contributed by atoms with Crippen molar-refractivity contribution in [3.05, 3.63) is 5.82 Å². The summed E-state index contributed by atoms with van der Waals surface area (Å²) in [6.45, 7) is 0.388. The number of hydrogen-bond donors (Lipinski definition) is 4. The van der Waals surface area contributed by atoms with Crippen molar-refractivity contribution in [2.24, 2.45) is 5.92 Å². The van der Waals surface area contributed by atoms with Gasteiger partial charge in [-0.2, -0.15) is 15.0 Å². The van der Waals surface area contributed by atoms with Crippen LogP contribution in [0.25, 0.3) is 0 Å². The number of aliphatic hydroxyl groups is 4. The Hall–Kier alpha value is -1.55. The molecule has 1 fully saturated rings. The molecule has 22 heavy (non-hydrogen) atoms. The molecule has 1 heterocycles. The van der Waals surface area contributed by atoms with E-state index in [2.05, 4.69) is 21.9 Å². The van der Waals surface area contributed by atoms with Crippen molar-refractivity contribution in [3.8, 4) is 0 Å². The van der Waals surface area contributed by atoms with Gasteiger partial charge in [-0.25, -0.2) is 0 Å². The highest BCUT2D eigenvalue weighted by Crippen LogP contribution is 2.37. The largest absolute Gasteiger partial charge is 0.376 e. The van der Waals surface area contributed by atoms with Crippen molar-refractivity contribution in [2.45, 2.75) is 32.1 Å². The molecular formula is C13H23N5O4. The third kappa shape index (κ3) is 3.61. The summed E-state index contributed by atoms with van der Waals surface area (Å²) in [7, 11) is 0. The van der Waals surface area contributed by atoms with E-state index in [-0.39, 0.29) is 17.8 Å². The van der Waals surface area contributed by atoms with Crippen molar-refractivity contribution in [1.29, 1.82) is 0 Å². The first-order chi connectivity index (χ1) is 10.6. The number of aromatic nitrogens is 3. The minimum absolute atomic E-state index is 0.122. The van der Waals surface area contributed by atoms with Crippen LogP contribution in [0.4, 0.5) is 11.9 Å². The lowest BCUT2D eigenvalue weighted by Crippen LogP contribution is -2.31. The van der Waals surface area contributed by atoms with Gasteiger partial charge in [-0.15, -0.1) is 0 Å². The zero-order valence-electron chi connectivity index (χ0n) is 12.6. The van der Waals surface area contributed by atoms with Crippen LogP contribution in [-0.2, 0) is 0 Å². The molecule has 4 N–H and O–H groups in total. The van der Waals surface area contributed by atoms with Crippen molar-refractivity contribution >= 4 is 11.9 Å². The predicted molar refractivity (Wildman–Crippen MR) is 78.9 cm³/mol. The molecule has 1 aromatic heterocycles. The fraction of sp³-hybridized carbons (Fsp3) is 0.769. The van der Waals surface area contributed by atoms with E-state index in [1.807, 2.05) is 0 Å². The molecule has 2 atom stereocenters. The summed E-state index contributed by atoms with van der Waals surface area (Å²) in [4.78, 5) is 15.1. The standard InChI is InChI=1S/C13H23N5O4/c1-9-2-3-10(4-9)11-14-12(17(5-19)6-20)16-13(15-11)18(7-21)8-22/h9-10,19-22H,2-8H2,1H3. The van der Waals surface area contributed by atoms with E-state index in [0.29, 0.717) is 11.7 Å². The van der Waals surface area contributed by atoms with E-state index in [1.54, 1.807) is 0 Å². The van der Waals surface area contributed by atoms with Crippen molar-refractivity contribution < 1.29 is 20.4 Å². The van der Waals surface area contributed by atoms with Gasteiger partial charge in [0.25, 0.3) is 0 Å². The van der Waals surface area contributed by atoms with Crippen molar-refractivity contribution in [3.63, 3.8) is 0 Å². The fourth-order valence-electron chi connectivity index (χ4n) is 2.62. The summed E-state index contributed by atoms with van der Waals surface area (Å²) in [5.74, 6) is 1.57. The monoisotopic (exact) mass is 313 g/mol. The van der Waals surface area contributed by atoms with Gasteiger partial charge in [0.15, 0.2) is 0 Å². The third-order valence-corrected chi connectivity index (χ3v) is 3.94. The maximum Gasteiger partial charge on any atom is 0.234 e. The van der Waals surface area contributed by atoms with Crippen molar-refractivity contribution in [2.75, 3.05) is 36.7 Å². The zero-order valence-corrected chi connectivity index (χ0v) is 12.6. The zero-order chi connectivity index (χ0) is 16.1. The average Bonchev–Trinajstić information content (AvgIpc) is 2.96. The van der Waals surface area contributed by atoms with Gasteiger partial charge in [0.2, 0.25) is 11.9 Å². The predicted octanol–water partition coefficient (Wildman–Crippen LogP) is -0.813. The smallest absolute Gasteiger partial charge is 0.234 e. The molecule has 2 unspecified atom stereocenters. The number of aliphatic hydroxyl groups excluding tert-OH is 4. The van der Waals surface area contributed by atoms with Crippen LogP contribution >= 0.6 is 0 Å². The third-order valence-electron chi connectivity index (χ3n) is 3.94. The number of anilines is 2. The summed E-state index contributed by atoms with van der Waals surface area (Å²) >= 11 is 0. The SMILES string of the molecule is CC1CCC(c2nc(N(CO)CO)nc(N(CO)CO)n2)C1. The van der Waals surface area contributed by atoms with E-state index in [9.17, 15) is 20.4 Å². The normalized spacial score (nSPS) is 21.1. The average molecular weight is 313 g/mol. The van der Waals surface area contributed by atoms with Gasteiger partial charge in [0, 0.05) is 5.92 Å². The highest BCUT2D eigenvalue weighted by Gasteiger charge is 2.27. The molecule has 1 saturated carbocycles. The molecular weight excluding hydrogens is 290 g/mol. The second kappa shape index (κ2) is 7.63. The molecule has 0 radical (unpaired) electrons. The minimum Gasteiger partial charge on any atom is -0.376 e. The summed E-state index contributed by atoms with van der Waals surface area (Å²) < 4.78 is 0. The van der Waals surface area contributed by atoms with Crippen LogP contribution in [0.1, 0.15) is 37.9 Å². The molecule has 124 valence electrons. The first-order valence-electron chi connectivity index (χ1n) is 7.32. The van der Waals surface area contributed by atoms with E-state index in [0.717, 1.165) is 19.3 Å². The van der Waals surface area contributed by atoms with Crippen LogP contribution < -0.4 is 9.80 Å². The Morgan fingerprint density at radius 1 is 0.864 bits per heavy atom. The second-order valence-electron chi connectivity index (χ2n) is 5.55. The summed E-state index contributed by atoms with van der Waals surface area (Å²) in [6, 6.07) is 0. The quantitative estimate of drug-likeness (QED) is 0.478. The molecule has 2 rings (SSSR count). The highest BCUT2D eigenvalue weighted by molar-refractivity contribution is 5.38. The minimum atomic E-state index is -0.446. The molecule has 0 saturated heterocycles. The maximum atomic E-state index is 9.27. The van der Waals surface area contributed by atoms with Gasteiger partial charge in [-0.05, 0) is 25.2 Å². The van der Waals surface area contributed by atoms with E-state index in [4.69, 9.17) is 0 Å². The first-order valence-corrected chi connectivity index (χ1v) is 7.32. The Kier molecular flexibility index (Phi) is 5.83. The number of hydrogen-bond acceptors (Lipinski definition) is 9. The lowest BCUT2D eigenvalue weighted by molar-refractivity contribution is 0.217. The van der Waals surface area contributed by atoms with Crippen LogP contribution in [-0.4, -0.2) is 62.3 Å². The summed E-state index contributed by atoms with van der Waals surface area (Å²) in [5.41, 5.74) is 0. The van der Waals surface area contributed by atoms with Crippen LogP contribution in [0, 0.1) is 5.92 Å². The molecule has 1 aromatic rings. The second-order valence-corrected chi connectivity index (χ2v) is 5.55. The van der Waals surface area contributed by atoms with Gasteiger partial charge >= 0.3 is 0 Å². The van der Waals surface area contributed by atoms with Crippen LogP contribution in [0.2, 0.25) is 0 Å². The van der Waals surface area contributed by atoms with Crippen molar-refractivity contribution in [1.82, 2.24) is 15.0 Å². The molecule has 0 spiro atoms. The Bertz CT molecular complexity index is 451. The Morgan fingerprint density at radius 3 is 1.73 bits per heavy atom. The first kappa shape index (κ1) is 16.8. The lowest BCUT2D eigenvalue weighted by atomic mass is 10.1. The van der Waals surface area contributed by atoms with Gasteiger partial charge < -0.3 is 20.4 Å². The van der Waals surface area contributed by atoms with Crippen LogP contribution in [0.3, 0.4) is 0 Å². The fourth-order valence-corrected chi connectivity index (χ4v) is 2.62. The van der Waals surface area contributed by atoms with E-state index in [1.165, 1.54) is 9.80 Å². The molecule has 1 aliphatic rings. The number of rotatable bonds is 7. The van der Waals surface area contributed by atoms with Crippen LogP contribution in [0.5, 0.6) is 0 Å². The Labute approximate surface area is 128 Å². The lowest BCUT2D eigenvalue weighted by Gasteiger charge is -2.22. The molecule has 0 bridgehead atoms. The molecule has 0 aliphatic heterocycles. The van der Waals surface area contributed by atoms with Crippen LogP contribution in [0.15, 0.2) is 0 Å². The topological polar surface area (TPSA) is 126 Å². The molecule has 0 aromatic carbocycles. The van der Waals surface area contributed by atoms with E-state index < -0.39 is 26.9 Å². The van der Waals surface area contributed by atoms with E-state index >= 15 is 0 Å². The summed E-state index contributed by atoms with van der Waals surface area (Å²) in [5, 5.41) is 37.1. The van der Waals surface area contributed by atoms with Gasteiger partial charge in [-0.1, -0.05) is 6.92 Å². The summed E-state index contributed by atoms with van der Waals surface area (Å²) in [6.07, 6.45) is 3.01.